The summed E-state index contributed by atoms with van der Waals surface area (Å²) in [7, 11) is 0. The Labute approximate surface area is 161 Å². The van der Waals surface area contributed by atoms with Crippen LogP contribution >= 0.6 is 0 Å². The quantitative estimate of drug-likeness (QED) is 0.682. The van der Waals surface area contributed by atoms with Gasteiger partial charge in [-0.05, 0) is 43.3 Å². The smallest absolute Gasteiger partial charge is 0.227 e. The fourth-order valence-corrected chi connectivity index (χ4v) is 3.10. The number of aromatic nitrogens is 3. The summed E-state index contributed by atoms with van der Waals surface area (Å²) in [4.78, 5) is 26.2. The van der Waals surface area contributed by atoms with Gasteiger partial charge in [0.2, 0.25) is 5.95 Å². The van der Waals surface area contributed by atoms with E-state index in [1.54, 1.807) is 30.6 Å². The maximum absolute atomic E-state index is 13.4. The van der Waals surface area contributed by atoms with E-state index >= 15 is 0 Å². The fraction of sp³-hybridized carbons (Fsp3) is 0.200. The van der Waals surface area contributed by atoms with Crippen LogP contribution in [0.1, 0.15) is 6.92 Å². The van der Waals surface area contributed by atoms with Gasteiger partial charge < -0.3 is 15.0 Å². The number of halogens is 1. The van der Waals surface area contributed by atoms with Crippen LogP contribution in [0.3, 0.4) is 0 Å². The molecular formula is C20H18FN5O2. The Bertz CT molecular complexity index is 1000. The van der Waals surface area contributed by atoms with E-state index in [0.29, 0.717) is 29.8 Å². The van der Waals surface area contributed by atoms with Crippen LogP contribution in [0.5, 0.6) is 0 Å². The van der Waals surface area contributed by atoms with Gasteiger partial charge in [0.05, 0.1) is 18.3 Å². The molecule has 3 heterocycles. The molecule has 1 aliphatic heterocycles. The Kier molecular flexibility index (Phi) is 4.94. The van der Waals surface area contributed by atoms with E-state index in [1.165, 1.54) is 12.1 Å². The first-order chi connectivity index (χ1) is 13.6. The number of ether oxygens (including phenoxy) is 1. The lowest BCUT2D eigenvalue weighted by atomic mass is 10.1. The van der Waals surface area contributed by atoms with Gasteiger partial charge in [-0.3, -0.25) is 4.79 Å². The molecule has 0 saturated carbocycles. The van der Waals surface area contributed by atoms with Gasteiger partial charge in [0.25, 0.3) is 0 Å². The predicted molar refractivity (Wildman–Crippen MR) is 103 cm³/mol. The molecule has 0 aliphatic carbocycles. The highest BCUT2D eigenvalue weighted by atomic mass is 19.1. The average Bonchev–Trinajstić information content (AvgIpc) is 3.09. The molecule has 0 radical (unpaired) electrons. The first-order valence-electron chi connectivity index (χ1n) is 8.81. The number of carbonyl (C=O) groups is 1. The minimum absolute atomic E-state index is 0.0357. The van der Waals surface area contributed by atoms with Crippen molar-refractivity contribution in [3.05, 3.63) is 60.7 Å². The largest absolute Gasteiger partial charge is 0.349 e. The van der Waals surface area contributed by atoms with Gasteiger partial charge in [-0.1, -0.05) is 6.07 Å². The molecule has 0 bridgehead atoms. The molecule has 2 aromatic heterocycles. The molecule has 28 heavy (non-hydrogen) atoms. The van der Waals surface area contributed by atoms with Crippen molar-refractivity contribution in [2.24, 2.45) is 0 Å². The normalized spacial score (nSPS) is 18.9. The molecule has 3 aromatic rings. The molecular weight excluding hydrogens is 361 g/mol. The van der Waals surface area contributed by atoms with Gasteiger partial charge in [-0.25, -0.2) is 19.3 Å². The number of carbonyl (C=O) groups excluding carboxylic acids is 1. The molecule has 1 aliphatic rings. The monoisotopic (exact) mass is 379 g/mol. The predicted octanol–water partition coefficient (Wildman–Crippen LogP) is 3.17. The van der Waals surface area contributed by atoms with Crippen molar-refractivity contribution < 1.29 is 13.9 Å². The summed E-state index contributed by atoms with van der Waals surface area (Å²) in [5.41, 5.74) is 2.05. The topological polar surface area (TPSA) is 80.2 Å². The molecule has 2 unspecified atom stereocenters. The van der Waals surface area contributed by atoms with Gasteiger partial charge in [0, 0.05) is 23.6 Å². The highest BCUT2D eigenvalue weighted by Crippen LogP contribution is 2.27. The van der Waals surface area contributed by atoms with Crippen LogP contribution in [0.4, 0.5) is 21.8 Å². The number of hydrogen-bond donors (Lipinski definition) is 1. The number of aldehydes is 1. The van der Waals surface area contributed by atoms with Crippen molar-refractivity contribution in [2.75, 3.05) is 16.8 Å². The Hall–Kier alpha value is -3.39. The minimum Gasteiger partial charge on any atom is -0.349 e. The molecule has 8 heteroatoms. The minimum atomic E-state index is -0.645. The van der Waals surface area contributed by atoms with Gasteiger partial charge in [0.15, 0.2) is 12.5 Å². The van der Waals surface area contributed by atoms with E-state index in [1.807, 2.05) is 24.0 Å². The van der Waals surface area contributed by atoms with Crippen molar-refractivity contribution in [1.82, 2.24) is 15.0 Å². The Morgan fingerprint density at radius 3 is 2.89 bits per heavy atom. The van der Waals surface area contributed by atoms with Crippen molar-refractivity contribution in [3.63, 3.8) is 0 Å². The first kappa shape index (κ1) is 18.0. The van der Waals surface area contributed by atoms with Gasteiger partial charge in [-0.2, -0.15) is 0 Å². The van der Waals surface area contributed by atoms with Crippen LogP contribution in [-0.4, -0.2) is 40.1 Å². The number of nitrogens with one attached hydrogen (secondary N) is 1. The second kappa shape index (κ2) is 7.69. The van der Waals surface area contributed by atoms with Gasteiger partial charge in [-0.15, -0.1) is 0 Å². The standard InChI is InChI=1S/C20H18FN5O2/c1-13-12-28-19(11-27)26(13)18-9-14(5-7-22-18)17-6-8-23-20(25-17)24-16-4-2-3-15(21)10-16/h2-11,13,19H,12H2,1H3,(H,23,24,25). The number of anilines is 3. The van der Waals surface area contributed by atoms with E-state index in [9.17, 15) is 9.18 Å². The van der Waals surface area contributed by atoms with E-state index in [2.05, 4.69) is 20.3 Å². The first-order valence-corrected chi connectivity index (χ1v) is 8.81. The number of nitrogens with zero attached hydrogens (tertiary/aromatic N) is 4. The van der Waals surface area contributed by atoms with Crippen molar-refractivity contribution >= 4 is 23.7 Å². The number of pyridine rings is 1. The summed E-state index contributed by atoms with van der Waals surface area (Å²) in [6.45, 7) is 2.44. The summed E-state index contributed by atoms with van der Waals surface area (Å²) < 4.78 is 18.8. The maximum atomic E-state index is 13.4. The number of benzene rings is 1. The van der Waals surface area contributed by atoms with Gasteiger partial charge in [0.1, 0.15) is 11.6 Å². The summed E-state index contributed by atoms with van der Waals surface area (Å²) in [6, 6.07) is 11.6. The van der Waals surface area contributed by atoms with Crippen molar-refractivity contribution in [1.29, 1.82) is 0 Å². The summed E-state index contributed by atoms with van der Waals surface area (Å²) in [6.07, 6.45) is 3.41. The molecule has 1 saturated heterocycles. The molecule has 1 aromatic carbocycles. The average molecular weight is 379 g/mol. The third-order valence-corrected chi connectivity index (χ3v) is 4.42. The molecule has 1 N–H and O–H groups in total. The highest BCUT2D eigenvalue weighted by Gasteiger charge is 2.32. The lowest BCUT2D eigenvalue weighted by Crippen LogP contribution is -2.36. The van der Waals surface area contributed by atoms with Crippen LogP contribution in [0.2, 0.25) is 0 Å². The number of hydrogen-bond acceptors (Lipinski definition) is 7. The number of rotatable bonds is 5. The lowest BCUT2D eigenvalue weighted by molar-refractivity contribution is -0.115. The van der Waals surface area contributed by atoms with E-state index < -0.39 is 6.23 Å². The van der Waals surface area contributed by atoms with Crippen LogP contribution in [-0.2, 0) is 9.53 Å². The van der Waals surface area contributed by atoms with Crippen LogP contribution in [0, 0.1) is 5.82 Å². The maximum Gasteiger partial charge on any atom is 0.227 e. The summed E-state index contributed by atoms with van der Waals surface area (Å²) in [5.74, 6) is 0.648. The third kappa shape index (κ3) is 3.67. The van der Waals surface area contributed by atoms with Crippen molar-refractivity contribution in [2.45, 2.75) is 19.2 Å². The van der Waals surface area contributed by atoms with Crippen LogP contribution < -0.4 is 10.2 Å². The van der Waals surface area contributed by atoms with E-state index in [-0.39, 0.29) is 11.9 Å². The summed E-state index contributed by atoms with van der Waals surface area (Å²) in [5, 5.41) is 2.99. The zero-order valence-corrected chi connectivity index (χ0v) is 15.1. The molecule has 4 rings (SSSR count). The SMILES string of the molecule is CC1COC(C=O)N1c1cc(-c2ccnc(Nc3cccc(F)c3)n2)ccn1. The lowest BCUT2D eigenvalue weighted by Gasteiger charge is -2.24. The highest BCUT2D eigenvalue weighted by molar-refractivity contribution is 5.69. The molecule has 142 valence electrons. The van der Waals surface area contributed by atoms with E-state index in [0.717, 1.165) is 11.8 Å². The second-order valence-corrected chi connectivity index (χ2v) is 6.42. The Balaban J connectivity index is 1.62. The van der Waals surface area contributed by atoms with Crippen LogP contribution in [0.15, 0.2) is 54.9 Å². The zero-order chi connectivity index (χ0) is 19.5. The second-order valence-electron chi connectivity index (χ2n) is 6.42. The molecule has 7 nitrogen and oxygen atoms in total. The van der Waals surface area contributed by atoms with Crippen LogP contribution in [0.25, 0.3) is 11.3 Å². The molecule has 1 fully saturated rings. The Morgan fingerprint density at radius 2 is 2.07 bits per heavy atom. The molecule has 0 amide bonds. The zero-order valence-electron chi connectivity index (χ0n) is 15.1. The van der Waals surface area contributed by atoms with Gasteiger partial charge >= 0.3 is 0 Å². The molecule has 0 spiro atoms. The van der Waals surface area contributed by atoms with E-state index in [4.69, 9.17) is 4.74 Å². The summed E-state index contributed by atoms with van der Waals surface area (Å²) >= 11 is 0. The fourth-order valence-electron chi connectivity index (χ4n) is 3.10. The third-order valence-electron chi connectivity index (χ3n) is 4.42. The Morgan fingerprint density at radius 1 is 1.21 bits per heavy atom. The van der Waals surface area contributed by atoms with Crippen molar-refractivity contribution in [3.8, 4) is 11.3 Å². The molecule has 2 atom stereocenters.